The predicted octanol–water partition coefficient (Wildman–Crippen LogP) is 2.86. The molecule has 94 valence electrons. The third kappa shape index (κ3) is 2.13. The minimum Gasteiger partial charge on any atom is -0.365 e. The second-order valence-corrected chi connectivity index (χ2v) is 5.07. The SMILES string of the molecule is NC(=O)c1cc(Br)cn2cc(-c3ccccc3)nc12. The standard InChI is InChI=1S/C14H10BrN3O/c15-10-6-11(13(16)19)14-17-12(8-18(14)7-10)9-4-2-1-3-5-9/h1-8H,(H2,16,19). The number of primary amides is 1. The van der Waals surface area contributed by atoms with E-state index in [1.807, 2.05) is 42.7 Å². The van der Waals surface area contributed by atoms with E-state index in [0.29, 0.717) is 11.2 Å². The molecule has 1 aromatic carbocycles. The normalized spacial score (nSPS) is 10.8. The largest absolute Gasteiger partial charge is 0.365 e. The smallest absolute Gasteiger partial charge is 0.252 e. The summed E-state index contributed by atoms with van der Waals surface area (Å²) in [6.45, 7) is 0. The first-order valence-electron chi connectivity index (χ1n) is 5.68. The van der Waals surface area contributed by atoms with Gasteiger partial charge in [0.15, 0.2) is 0 Å². The van der Waals surface area contributed by atoms with Crippen LogP contribution in [0.5, 0.6) is 0 Å². The van der Waals surface area contributed by atoms with Gasteiger partial charge in [-0.05, 0) is 22.0 Å². The van der Waals surface area contributed by atoms with Crippen molar-refractivity contribution in [1.82, 2.24) is 9.38 Å². The molecule has 0 saturated carbocycles. The van der Waals surface area contributed by atoms with Crippen molar-refractivity contribution in [2.75, 3.05) is 0 Å². The molecule has 0 aliphatic rings. The van der Waals surface area contributed by atoms with Gasteiger partial charge in [0.2, 0.25) is 0 Å². The quantitative estimate of drug-likeness (QED) is 0.790. The van der Waals surface area contributed by atoms with Crippen LogP contribution in [0.25, 0.3) is 16.9 Å². The molecule has 0 bridgehead atoms. The van der Waals surface area contributed by atoms with Crippen molar-refractivity contribution in [2.45, 2.75) is 0 Å². The number of carbonyl (C=O) groups is 1. The molecule has 0 spiro atoms. The zero-order valence-corrected chi connectivity index (χ0v) is 11.5. The molecule has 1 amide bonds. The number of halogens is 1. The lowest BCUT2D eigenvalue weighted by Crippen LogP contribution is -2.12. The van der Waals surface area contributed by atoms with E-state index in [4.69, 9.17) is 5.73 Å². The van der Waals surface area contributed by atoms with Gasteiger partial charge < -0.3 is 10.1 Å². The van der Waals surface area contributed by atoms with Crippen LogP contribution in [0.3, 0.4) is 0 Å². The van der Waals surface area contributed by atoms with Gasteiger partial charge in [0.25, 0.3) is 5.91 Å². The molecule has 2 heterocycles. The molecule has 0 unspecified atom stereocenters. The van der Waals surface area contributed by atoms with Crippen molar-refractivity contribution in [3.05, 3.63) is 58.8 Å². The molecule has 3 aromatic rings. The lowest BCUT2D eigenvalue weighted by atomic mass is 10.2. The molecule has 0 saturated heterocycles. The summed E-state index contributed by atoms with van der Waals surface area (Å²) in [5.41, 5.74) is 8.15. The van der Waals surface area contributed by atoms with Crippen molar-refractivity contribution in [3.8, 4) is 11.3 Å². The molecule has 0 atom stereocenters. The van der Waals surface area contributed by atoms with E-state index in [1.165, 1.54) is 0 Å². The number of fused-ring (bicyclic) bond motifs is 1. The molecule has 5 heteroatoms. The van der Waals surface area contributed by atoms with Crippen LogP contribution >= 0.6 is 15.9 Å². The Morgan fingerprint density at radius 2 is 1.95 bits per heavy atom. The van der Waals surface area contributed by atoms with E-state index >= 15 is 0 Å². The number of nitrogens with two attached hydrogens (primary N) is 1. The fourth-order valence-electron chi connectivity index (χ4n) is 1.99. The Bertz CT molecular complexity index is 765. The fraction of sp³-hybridized carbons (Fsp3) is 0. The number of benzene rings is 1. The third-order valence-corrected chi connectivity index (χ3v) is 3.29. The second-order valence-electron chi connectivity index (χ2n) is 4.16. The summed E-state index contributed by atoms with van der Waals surface area (Å²) < 4.78 is 2.58. The molecule has 2 aromatic heterocycles. The van der Waals surface area contributed by atoms with Crippen molar-refractivity contribution in [1.29, 1.82) is 0 Å². The Morgan fingerprint density at radius 3 is 2.63 bits per heavy atom. The number of rotatable bonds is 2. The summed E-state index contributed by atoms with van der Waals surface area (Å²) in [6, 6.07) is 11.5. The molecule has 0 radical (unpaired) electrons. The van der Waals surface area contributed by atoms with Gasteiger partial charge in [0.05, 0.1) is 11.3 Å². The molecule has 0 aliphatic heterocycles. The van der Waals surface area contributed by atoms with Crippen molar-refractivity contribution in [3.63, 3.8) is 0 Å². The highest BCUT2D eigenvalue weighted by Gasteiger charge is 2.12. The number of carbonyl (C=O) groups excluding carboxylic acids is 1. The maximum Gasteiger partial charge on any atom is 0.252 e. The summed E-state index contributed by atoms with van der Waals surface area (Å²) in [7, 11) is 0. The van der Waals surface area contributed by atoms with Crippen LogP contribution < -0.4 is 5.73 Å². The minimum atomic E-state index is -0.489. The fourth-order valence-corrected chi connectivity index (χ4v) is 2.44. The molecular formula is C14H10BrN3O. The number of aromatic nitrogens is 2. The van der Waals surface area contributed by atoms with Gasteiger partial charge in [-0.1, -0.05) is 30.3 Å². The van der Waals surface area contributed by atoms with Crippen LogP contribution in [-0.2, 0) is 0 Å². The summed E-state index contributed by atoms with van der Waals surface area (Å²) in [6.07, 6.45) is 3.73. The average molecular weight is 316 g/mol. The van der Waals surface area contributed by atoms with Crippen molar-refractivity contribution < 1.29 is 4.79 Å². The highest BCUT2D eigenvalue weighted by atomic mass is 79.9. The summed E-state index contributed by atoms with van der Waals surface area (Å²) >= 11 is 3.36. The van der Waals surface area contributed by atoms with Gasteiger partial charge in [-0.15, -0.1) is 0 Å². The first kappa shape index (κ1) is 11.9. The van der Waals surface area contributed by atoms with E-state index in [1.54, 1.807) is 10.5 Å². The van der Waals surface area contributed by atoms with Gasteiger partial charge in [0, 0.05) is 22.4 Å². The second kappa shape index (κ2) is 4.51. The number of nitrogens with zero attached hydrogens (tertiary/aromatic N) is 2. The first-order valence-corrected chi connectivity index (χ1v) is 6.48. The lowest BCUT2D eigenvalue weighted by Gasteiger charge is -2.00. The zero-order chi connectivity index (χ0) is 13.4. The van der Waals surface area contributed by atoms with Crippen LogP contribution in [0, 0.1) is 0 Å². The van der Waals surface area contributed by atoms with Gasteiger partial charge >= 0.3 is 0 Å². The molecular weight excluding hydrogens is 306 g/mol. The van der Waals surface area contributed by atoms with E-state index in [-0.39, 0.29) is 0 Å². The van der Waals surface area contributed by atoms with Gasteiger partial charge in [-0.3, -0.25) is 4.79 Å². The molecule has 0 aliphatic carbocycles. The predicted molar refractivity (Wildman–Crippen MR) is 76.8 cm³/mol. The van der Waals surface area contributed by atoms with Crippen LogP contribution in [0.2, 0.25) is 0 Å². The highest BCUT2D eigenvalue weighted by molar-refractivity contribution is 9.10. The zero-order valence-electron chi connectivity index (χ0n) is 9.88. The third-order valence-electron chi connectivity index (χ3n) is 2.85. The molecule has 0 fully saturated rings. The molecule has 19 heavy (non-hydrogen) atoms. The maximum atomic E-state index is 11.5. The van der Waals surface area contributed by atoms with Gasteiger partial charge in [-0.2, -0.15) is 0 Å². The van der Waals surface area contributed by atoms with E-state index in [0.717, 1.165) is 15.7 Å². The highest BCUT2D eigenvalue weighted by Crippen LogP contribution is 2.23. The molecule has 3 rings (SSSR count). The monoisotopic (exact) mass is 315 g/mol. The Balaban J connectivity index is 2.26. The van der Waals surface area contributed by atoms with Gasteiger partial charge in [-0.25, -0.2) is 4.98 Å². The number of pyridine rings is 1. The number of hydrogen-bond acceptors (Lipinski definition) is 2. The summed E-state index contributed by atoms with van der Waals surface area (Å²) in [5.74, 6) is -0.489. The van der Waals surface area contributed by atoms with Crippen LogP contribution in [-0.4, -0.2) is 15.3 Å². The summed E-state index contributed by atoms with van der Waals surface area (Å²) in [4.78, 5) is 15.9. The average Bonchev–Trinajstić information content (AvgIpc) is 2.82. The number of hydrogen-bond donors (Lipinski definition) is 1. The molecule has 4 nitrogen and oxygen atoms in total. The summed E-state index contributed by atoms with van der Waals surface area (Å²) in [5, 5.41) is 0. The van der Waals surface area contributed by atoms with Crippen LogP contribution in [0.1, 0.15) is 10.4 Å². The number of imidazole rings is 1. The van der Waals surface area contributed by atoms with E-state index in [2.05, 4.69) is 20.9 Å². The Morgan fingerprint density at radius 1 is 1.21 bits per heavy atom. The lowest BCUT2D eigenvalue weighted by molar-refractivity contribution is 0.100. The van der Waals surface area contributed by atoms with Crippen LogP contribution in [0.15, 0.2) is 53.3 Å². The molecule has 2 N–H and O–H groups in total. The van der Waals surface area contributed by atoms with Gasteiger partial charge in [0.1, 0.15) is 5.65 Å². The Hall–Kier alpha value is -2.14. The maximum absolute atomic E-state index is 11.5. The van der Waals surface area contributed by atoms with Crippen LogP contribution in [0.4, 0.5) is 0 Å². The van der Waals surface area contributed by atoms with Crippen molar-refractivity contribution in [2.24, 2.45) is 5.73 Å². The van der Waals surface area contributed by atoms with Crippen molar-refractivity contribution >= 4 is 27.5 Å². The minimum absolute atomic E-state index is 0.400. The number of amides is 1. The van der Waals surface area contributed by atoms with E-state index < -0.39 is 5.91 Å². The topological polar surface area (TPSA) is 60.4 Å². The van der Waals surface area contributed by atoms with E-state index in [9.17, 15) is 4.79 Å². The Labute approximate surface area is 118 Å². The Kier molecular flexibility index (Phi) is 2.83. The first-order chi connectivity index (χ1) is 9.15.